The Bertz CT molecular complexity index is 741. The largest absolute Gasteiger partial charge is 0.448 e. The van der Waals surface area contributed by atoms with Crippen LogP contribution in [-0.2, 0) is 9.53 Å². The van der Waals surface area contributed by atoms with E-state index in [2.05, 4.69) is 15.2 Å². The minimum atomic E-state index is -0.911. The summed E-state index contributed by atoms with van der Waals surface area (Å²) in [7, 11) is 0. The molecule has 1 fully saturated rings. The van der Waals surface area contributed by atoms with E-state index in [4.69, 9.17) is 4.74 Å². The third kappa shape index (κ3) is 4.59. The standard InChI is InChI=1S/C20H23N3O3/c1-15(26-20(25)18-7-3-4-12-21-18)19(24)22-16-8-10-17(11-9-16)23-13-5-2-6-14-23/h3-4,7-12,15H,2,5-6,13-14H2,1H3,(H,22,24)/t15-/m0/s1. The van der Waals surface area contributed by atoms with Crippen molar-refractivity contribution in [2.24, 2.45) is 0 Å². The summed E-state index contributed by atoms with van der Waals surface area (Å²) in [5, 5.41) is 2.77. The minimum Gasteiger partial charge on any atom is -0.448 e. The van der Waals surface area contributed by atoms with E-state index in [0.29, 0.717) is 5.69 Å². The fourth-order valence-corrected chi connectivity index (χ4v) is 2.91. The van der Waals surface area contributed by atoms with Crippen LogP contribution in [0.2, 0.25) is 0 Å². The predicted molar refractivity (Wildman–Crippen MR) is 100 cm³/mol. The summed E-state index contributed by atoms with van der Waals surface area (Å²) >= 11 is 0. The molecule has 1 aromatic heterocycles. The fraction of sp³-hybridized carbons (Fsp3) is 0.350. The number of nitrogens with zero attached hydrogens (tertiary/aromatic N) is 2. The SMILES string of the molecule is C[C@H](OC(=O)c1ccccn1)C(=O)Nc1ccc(N2CCCCC2)cc1. The molecule has 6 heteroatoms. The number of rotatable bonds is 5. The molecule has 1 aliphatic rings. The lowest BCUT2D eigenvalue weighted by atomic mass is 10.1. The number of hydrogen-bond acceptors (Lipinski definition) is 5. The van der Waals surface area contributed by atoms with E-state index >= 15 is 0 Å². The Morgan fingerprint density at radius 2 is 1.81 bits per heavy atom. The molecule has 0 radical (unpaired) electrons. The molecule has 0 bridgehead atoms. The number of benzene rings is 1. The monoisotopic (exact) mass is 353 g/mol. The van der Waals surface area contributed by atoms with Gasteiger partial charge in [0.05, 0.1) is 0 Å². The number of aromatic nitrogens is 1. The van der Waals surface area contributed by atoms with E-state index in [9.17, 15) is 9.59 Å². The molecule has 1 aliphatic heterocycles. The van der Waals surface area contributed by atoms with Gasteiger partial charge in [0.15, 0.2) is 6.10 Å². The van der Waals surface area contributed by atoms with Crippen LogP contribution in [-0.4, -0.2) is 36.1 Å². The van der Waals surface area contributed by atoms with E-state index in [0.717, 1.165) is 18.8 Å². The minimum absolute atomic E-state index is 0.179. The first kappa shape index (κ1) is 17.9. The summed E-state index contributed by atoms with van der Waals surface area (Å²) in [4.78, 5) is 30.5. The summed E-state index contributed by atoms with van der Waals surface area (Å²) < 4.78 is 5.17. The second-order valence-corrected chi connectivity index (χ2v) is 6.35. The average molecular weight is 353 g/mol. The Kier molecular flexibility index (Phi) is 5.84. The Morgan fingerprint density at radius 3 is 2.46 bits per heavy atom. The van der Waals surface area contributed by atoms with Crippen molar-refractivity contribution in [3.05, 3.63) is 54.4 Å². The molecule has 3 rings (SSSR count). The molecule has 1 saturated heterocycles. The zero-order valence-corrected chi connectivity index (χ0v) is 14.9. The molecule has 136 valence electrons. The fourth-order valence-electron chi connectivity index (χ4n) is 2.91. The summed E-state index contributed by atoms with van der Waals surface area (Å²) in [6, 6.07) is 12.7. The second-order valence-electron chi connectivity index (χ2n) is 6.35. The Labute approximate surface area is 153 Å². The molecule has 6 nitrogen and oxygen atoms in total. The number of amides is 1. The molecule has 0 saturated carbocycles. The Hall–Kier alpha value is -2.89. The zero-order valence-electron chi connectivity index (χ0n) is 14.9. The van der Waals surface area contributed by atoms with Gasteiger partial charge in [-0.2, -0.15) is 0 Å². The van der Waals surface area contributed by atoms with Gasteiger partial charge in [0.25, 0.3) is 5.91 Å². The molecule has 0 aliphatic carbocycles. The number of hydrogen-bond donors (Lipinski definition) is 1. The van der Waals surface area contributed by atoms with Crippen LogP contribution < -0.4 is 10.2 Å². The predicted octanol–water partition coefficient (Wildman–Crippen LogP) is 3.26. The second kappa shape index (κ2) is 8.47. The van der Waals surface area contributed by atoms with Crippen molar-refractivity contribution in [1.29, 1.82) is 0 Å². The van der Waals surface area contributed by atoms with Crippen LogP contribution in [0.15, 0.2) is 48.7 Å². The number of carbonyl (C=O) groups is 2. The van der Waals surface area contributed by atoms with Crippen molar-refractivity contribution in [2.75, 3.05) is 23.3 Å². The van der Waals surface area contributed by atoms with E-state index in [1.54, 1.807) is 18.2 Å². The summed E-state index contributed by atoms with van der Waals surface area (Å²) in [6.45, 7) is 3.69. The quantitative estimate of drug-likeness (QED) is 0.836. The highest BCUT2D eigenvalue weighted by Crippen LogP contribution is 2.22. The molecular formula is C20H23N3O3. The number of esters is 1. The molecular weight excluding hydrogens is 330 g/mol. The van der Waals surface area contributed by atoms with Crippen LogP contribution in [0.3, 0.4) is 0 Å². The number of carbonyl (C=O) groups excluding carboxylic acids is 2. The molecule has 2 heterocycles. The maximum atomic E-state index is 12.2. The molecule has 0 spiro atoms. The van der Waals surface area contributed by atoms with Gasteiger partial charge < -0.3 is 15.0 Å². The van der Waals surface area contributed by atoms with Crippen molar-refractivity contribution >= 4 is 23.3 Å². The van der Waals surface area contributed by atoms with Crippen LogP contribution in [0.25, 0.3) is 0 Å². The van der Waals surface area contributed by atoms with E-state index in [1.165, 1.54) is 32.4 Å². The van der Waals surface area contributed by atoms with Crippen LogP contribution in [0, 0.1) is 0 Å². The molecule has 1 atom stereocenters. The van der Waals surface area contributed by atoms with Gasteiger partial charge in [-0.1, -0.05) is 6.07 Å². The number of anilines is 2. The Morgan fingerprint density at radius 1 is 1.08 bits per heavy atom. The van der Waals surface area contributed by atoms with Crippen molar-refractivity contribution in [2.45, 2.75) is 32.3 Å². The van der Waals surface area contributed by atoms with Gasteiger partial charge in [-0.05, 0) is 62.6 Å². The highest BCUT2D eigenvalue weighted by atomic mass is 16.5. The smallest absolute Gasteiger partial charge is 0.357 e. The third-order valence-electron chi connectivity index (χ3n) is 4.38. The molecule has 1 N–H and O–H groups in total. The topological polar surface area (TPSA) is 71.5 Å². The number of piperidine rings is 1. The van der Waals surface area contributed by atoms with Gasteiger partial charge in [0, 0.05) is 30.7 Å². The van der Waals surface area contributed by atoms with Crippen LogP contribution in [0.4, 0.5) is 11.4 Å². The van der Waals surface area contributed by atoms with Crippen molar-refractivity contribution in [3.8, 4) is 0 Å². The highest BCUT2D eigenvalue weighted by molar-refractivity contribution is 5.96. The van der Waals surface area contributed by atoms with E-state index in [1.807, 2.05) is 24.3 Å². The number of pyridine rings is 1. The number of ether oxygens (including phenoxy) is 1. The third-order valence-corrected chi connectivity index (χ3v) is 4.38. The van der Waals surface area contributed by atoms with Gasteiger partial charge in [-0.25, -0.2) is 9.78 Å². The first-order valence-electron chi connectivity index (χ1n) is 8.91. The first-order chi connectivity index (χ1) is 12.6. The molecule has 26 heavy (non-hydrogen) atoms. The summed E-state index contributed by atoms with van der Waals surface area (Å²) in [5.41, 5.74) is 2.02. The molecule has 0 unspecified atom stereocenters. The van der Waals surface area contributed by atoms with Gasteiger partial charge in [0.2, 0.25) is 0 Å². The average Bonchev–Trinajstić information content (AvgIpc) is 2.70. The normalized spacial score (nSPS) is 15.2. The lowest BCUT2D eigenvalue weighted by Crippen LogP contribution is -2.30. The maximum Gasteiger partial charge on any atom is 0.357 e. The van der Waals surface area contributed by atoms with Crippen molar-refractivity contribution in [3.63, 3.8) is 0 Å². The lowest BCUT2D eigenvalue weighted by molar-refractivity contribution is -0.123. The van der Waals surface area contributed by atoms with Gasteiger partial charge in [-0.3, -0.25) is 4.79 Å². The van der Waals surface area contributed by atoms with Gasteiger partial charge in [0.1, 0.15) is 5.69 Å². The van der Waals surface area contributed by atoms with Crippen LogP contribution >= 0.6 is 0 Å². The lowest BCUT2D eigenvalue weighted by Gasteiger charge is -2.28. The molecule has 1 aromatic carbocycles. The highest BCUT2D eigenvalue weighted by Gasteiger charge is 2.20. The first-order valence-corrected chi connectivity index (χ1v) is 8.91. The van der Waals surface area contributed by atoms with Crippen LogP contribution in [0.5, 0.6) is 0 Å². The zero-order chi connectivity index (χ0) is 18.4. The van der Waals surface area contributed by atoms with Gasteiger partial charge >= 0.3 is 5.97 Å². The molecule has 2 aromatic rings. The van der Waals surface area contributed by atoms with Crippen molar-refractivity contribution < 1.29 is 14.3 Å². The van der Waals surface area contributed by atoms with Crippen molar-refractivity contribution in [1.82, 2.24) is 4.98 Å². The van der Waals surface area contributed by atoms with Crippen LogP contribution in [0.1, 0.15) is 36.7 Å². The Balaban J connectivity index is 1.54. The molecule has 1 amide bonds. The summed E-state index contributed by atoms with van der Waals surface area (Å²) in [5.74, 6) is -0.992. The number of nitrogens with one attached hydrogen (secondary N) is 1. The van der Waals surface area contributed by atoms with E-state index in [-0.39, 0.29) is 11.6 Å². The van der Waals surface area contributed by atoms with E-state index < -0.39 is 12.1 Å². The summed E-state index contributed by atoms with van der Waals surface area (Å²) in [6.07, 6.45) is 4.33. The van der Waals surface area contributed by atoms with Gasteiger partial charge in [-0.15, -0.1) is 0 Å². The maximum absolute atomic E-state index is 12.2.